The number of para-hydroxylation sites is 4. The van der Waals surface area contributed by atoms with Crippen molar-refractivity contribution in [3.8, 4) is 11.1 Å². The third-order valence-electron chi connectivity index (χ3n) is 17.3. The first kappa shape index (κ1) is 69.0. The van der Waals surface area contributed by atoms with Crippen LogP contribution in [-0.2, 0) is 5.41 Å². The second-order valence-corrected chi connectivity index (χ2v) is 31.6. The Labute approximate surface area is 569 Å². The van der Waals surface area contributed by atoms with Gasteiger partial charge < -0.3 is 24.5 Å². The predicted octanol–water partition coefficient (Wildman–Crippen LogP) is 24.0. The molecule has 0 fully saturated rings. The first-order chi connectivity index (χ1) is 45.7. The number of benzene rings is 13. The molecule has 0 aliphatic carbocycles. The van der Waals surface area contributed by atoms with E-state index in [1.807, 2.05) is 24.3 Å². The van der Waals surface area contributed by atoms with Crippen LogP contribution in [0.4, 0.5) is 56.9 Å². The lowest BCUT2D eigenvalue weighted by Gasteiger charge is -2.23. The maximum absolute atomic E-state index is 2.38. The van der Waals surface area contributed by atoms with Gasteiger partial charge in [0.15, 0.2) is 0 Å². The van der Waals surface area contributed by atoms with Gasteiger partial charge in [-0.25, -0.2) is 0 Å². The highest BCUT2D eigenvalue weighted by Crippen LogP contribution is 2.34. The Balaban J connectivity index is 0.000000140. The zero-order valence-electron chi connectivity index (χ0n) is 58.3. The number of anilines is 10. The second kappa shape index (κ2) is 32.4. The second-order valence-electron chi connectivity index (χ2n) is 26.5. The summed E-state index contributed by atoms with van der Waals surface area (Å²) in [6.07, 6.45) is 0. The lowest BCUT2D eigenvalue weighted by Crippen LogP contribution is -2.37. The average molecular weight is 1260 g/mol. The summed E-state index contributed by atoms with van der Waals surface area (Å²) in [4.78, 5) is 11.1. The molecule has 0 N–H and O–H groups in total. The van der Waals surface area contributed by atoms with Gasteiger partial charge in [-0.15, -0.1) is 0 Å². The molecule has 6 heteroatoms. The van der Waals surface area contributed by atoms with Gasteiger partial charge in [0.2, 0.25) is 0 Å². The van der Waals surface area contributed by atoms with E-state index >= 15 is 0 Å². The molecule has 0 spiro atoms. The van der Waals surface area contributed by atoms with Crippen LogP contribution < -0.4 is 29.7 Å². The fourth-order valence-corrected chi connectivity index (χ4v) is 12.6. The lowest BCUT2D eigenvalue weighted by molar-refractivity contribution is 0.590. The molecule has 0 bridgehead atoms. The summed E-state index contributed by atoms with van der Waals surface area (Å²) in [5.74, 6) is 0. The monoisotopic (exact) mass is 1260 g/mol. The highest BCUT2D eigenvalue weighted by Gasteiger charge is 2.17. The summed E-state index contributed by atoms with van der Waals surface area (Å²) in [5.41, 5.74) is 20.1. The molecule has 480 valence electrons. The Bertz CT molecular complexity index is 4340. The molecule has 0 aliphatic heterocycles. The molecule has 13 aromatic rings. The summed E-state index contributed by atoms with van der Waals surface area (Å²) in [6, 6.07) is 113. The summed E-state index contributed by atoms with van der Waals surface area (Å²) >= 11 is 0. The number of hydrogen-bond donors (Lipinski definition) is 0. The smallest absolute Gasteiger partial charge is 0.0775 e. The van der Waals surface area contributed by atoms with Crippen molar-refractivity contribution in [2.75, 3.05) is 59.7 Å². The molecule has 0 unspecified atom stereocenters. The zero-order valence-corrected chi connectivity index (χ0v) is 59.3. The van der Waals surface area contributed by atoms with Crippen LogP contribution in [0.15, 0.2) is 322 Å². The van der Waals surface area contributed by atoms with Crippen molar-refractivity contribution in [2.24, 2.45) is 0 Å². The molecule has 13 rings (SSSR count). The van der Waals surface area contributed by atoms with E-state index in [1.165, 1.54) is 117 Å². The fourth-order valence-electron chi connectivity index (χ4n) is 11.4. The minimum Gasteiger partial charge on any atom is -0.345 e. The van der Waals surface area contributed by atoms with Crippen LogP contribution in [0, 0.1) is 20.8 Å². The van der Waals surface area contributed by atoms with Crippen molar-refractivity contribution in [1.29, 1.82) is 0 Å². The van der Waals surface area contributed by atoms with Crippen molar-refractivity contribution in [3.63, 3.8) is 0 Å². The van der Waals surface area contributed by atoms with E-state index in [9.17, 15) is 0 Å². The standard InChI is InChI=1S/C22H23N.2C17H15N.C17H21N.C16H21NSi/c1-16-6-5-7-20(13-16)19-8-10-21(11-9-19)23(4)22-14-17(2)12-18(3)15-22;1-18(15-10-3-2-4-11-15)17-13-7-9-14-8-5-6-12-16(14)17;1-18(16-9-3-2-4-10-16)17-12-11-14-7-5-6-8-15(14)13-17;1-17(2,3)14-10-12-16(13-11-14)18(4)15-8-6-5-7-9-15;1-17(14-8-6-5-7-9-14)15-10-12-16(13-11-15)18(2,3)4/h5-15H,1-4H3;2*2-13H,1H3;2*5-13H,1-4H3. The molecule has 0 aliphatic rings. The average Bonchev–Trinajstić information content (AvgIpc) is 1.35. The van der Waals surface area contributed by atoms with E-state index in [2.05, 4.69) is 418 Å². The fraction of sp³-hybridized carbons (Fsp3) is 0.169. The number of hydrogen-bond acceptors (Lipinski definition) is 5. The summed E-state index contributed by atoms with van der Waals surface area (Å²) in [5, 5.41) is 6.62. The zero-order chi connectivity index (χ0) is 67.5. The van der Waals surface area contributed by atoms with Crippen LogP contribution in [0.3, 0.4) is 0 Å². The normalized spacial score (nSPS) is 10.8. The first-order valence-corrected chi connectivity index (χ1v) is 36.5. The molecule has 95 heavy (non-hydrogen) atoms. The van der Waals surface area contributed by atoms with Gasteiger partial charge in [-0.3, -0.25) is 0 Å². The largest absolute Gasteiger partial charge is 0.345 e. The maximum Gasteiger partial charge on any atom is 0.0775 e. The van der Waals surface area contributed by atoms with Gasteiger partial charge in [0.05, 0.1) is 8.07 Å². The highest BCUT2D eigenvalue weighted by atomic mass is 28.3. The van der Waals surface area contributed by atoms with E-state index in [4.69, 9.17) is 0 Å². The van der Waals surface area contributed by atoms with Crippen molar-refractivity contribution in [3.05, 3.63) is 344 Å². The Kier molecular flexibility index (Phi) is 23.5. The van der Waals surface area contributed by atoms with E-state index in [0.29, 0.717) is 0 Å². The van der Waals surface area contributed by atoms with Crippen LogP contribution in [0.1, 0.15) is 43.0 Å². The number of rotatable bonds is 12. The van der Waals surface area contributed by atoms with Gasteiger partial charge in [0, 0.05) is 97.5 Å². The van der Waals surface area contributed by atoms with Crippen LogP contribution >= 0.6 is 0 Å². The molecular formula is C89H95N5Si. The van der Waals surface area contributed by atoms with E-state index in [1.54, 1.807) is 0 Å². The van der Waals surface area contributed by atoms with Gasteiger partial charge in [0.1, 0.15) is 0 Å². The van der Waals surface area contributed by atoms with Crippen LogP contribution in [0.5, 0.6) is 0 Å². The molecule has 0 amide bonds. The molecule has 5 nitrogen and oxygen atoms in total. The van der Waals surface area contributed by atoms with Gasteiger partial charge in [0.25, 0.3) is 0 Å². The van der Waals surface area contributed by atoms with Gasteiger partial charge in [-0.05, 0) is 185 Å². The van der Waals surface area contributed by atoms with Crippen LogP contribution in [0.25, 0.3) is 32.7 Å². The Morgan fingerprint density at radius 2 is 0.632 bits per heavy atom. The van der Waals surface area contributed by atoms with Crippen molar-refractivity contribution < 1.29 is 0 Å². The molecule has 0 heterocycles. The van der Waals surface area contributed by atoms with Crippen molar-refractivity contribution in [1.82, 2.24) is 0 Å². The Hall–Kier alpha value is -10.4. The van der Waals surface area contributed by atoms with Gasteiger partial charge in [-0.1, -0.05) is 257 Å². The van der Waals surface area contributed by atoms with E-state index in [0.717, 1.165) is 0 Å². The topological polar surface area (TPSA) is 16.2 Å². The third kappa shape index (κ3) is 19.1. The van der Waals surface area contributed by atoms with Crippen LogP contribution in [-0.4, -0.2) is 43.3 Å². The number of nitrogens with zero attached hydrogens (tertiary/aromatic N) is 5. The maximum atomic E-state index is 2.38. The molecule has 0 aromatic heterocycles. The number of aryl methyl sites for hydroxylation is 3. The lowest BCUT2D eigenvalue weighted by atomic mass is 9.87. The molecule has 0 saturated carbocycles. The SMILES string of the molecule is CN(c1ccccc1)c1ccc(C(C)(C)C)cc1.CN(c1ccccc1)c1ccc([Si](C)(C)C)cc1.CN(c1ccccc1)c1ccc2ccccc2c1.CN(c1ccccc1)c1cccc2ccccc12.Cc1cccc(-c2ccc(N(C)c3cc(C)cc(C)c3)cc2)c1. The third-order valence-corrected chi connectivity index (χ3v) is 19.3. The van der Waals surface area contributed by atoms with E-state index < -0.39 is 8.07 Å². The first-order valence-electron chi connectivity index (χ1n) is 33.0. The molecule has 0 radical (unpaired) electrons. The molecular weight excluding hydrogens is 1170 g/mol. The van der Waals surface area contributed by atoms with Crippen molar-refractivity contribution in [2.45, 2.75) is 66.6 Å². The van der Waals surface area contributed by atoms with Crippen molar-refractivity contribution >= 4 is 91.7 Å². The number of fused-ring (bicyclic) bond motifs is 2. The quantitative estimate of drug-likeness (QED) is 0.113. The molecule has 0 saturated heterocycles. The molecule has 0 atom stereocenters. The van der Waals surface area contributed by atoms with Gasteiger partial charge >= 0.3 is 0 Å². The minimum absolute atomic E-state index is 0.212. The van der Waals surface area contributed by atoms with E-state index in [-0.39, 0.29) is 5.41 Å². The summed E-state index contributed by atoms with van der Waals surface area (Å²) in [6.45, 7) is 20.3. The van der Waals surface area contributed by atoms with Crippen LogP contribution in [0.2, 0.25) is 19.6 Å². The summed E-state index contributed by atoms with van der Waals surface area (Å²) in [7, 11) is 9.35. The Morgan fingerprint density at radius 1 is 0.253 bits per heavy atom. The Morgan fingerprint density at radius 3 is 1.12 bits per heavy atom. The summed E-state index contributed by atoms with van der Waals surface area (Å²) < 4.78 is 0. The highest BCUT2D eigenvalue weighted by molar-refractivity contribution is 6.88. The minimum atomic E-state index is -1.19. The van der Waals surface area contributed by atoms with Gasteiger partial charge in [-0.2, -0.15) is 0 Å². The predicted molar refractivity (Wildman–Crippen MR) is 421 cm³/mol. The molecule has 13 aromatic carbocycles.